The van der Waals surface area contributed by atoms with Gasteiger partial charge >= 0.3 is 0 Å². The van der Waals surface area contributed by atoms with Crippen molar-refractivity contribution in [1.82, 2.24) is 4.98 Å². The van der Waals surface area contributed by atoms with E-state index in [4.69, 9.17) is 28.3 Å². The van der Waals surface area contributed by atoms with E-state index in [2.05, 4.69) is 4.98 Å². The van der Waals surface area contributed by atoms with E-state index in [0.29, 0.717) is 16.7 Å². The summed E-state index contributed by atoms with van der Waals surface area (Å²) >= 11 is 11.3. The molecule has 0 fully saturated rings. The highest BCUT2D eigenvalue weighted by molar-refractivity contribution is 6.32. The van der Waals surface area contributed by atoms with Crippen molar-refractivity contribution < 1.29 is 5.11 Å². The Labute approximate surface area is 81.1 Å². The summed E-state index contributed by atoms with van der Waals surface area (Å²) in [6.07, 6.45) is 0.154. The van der Waals surface area contributed by atoms with Gasteiger partial charge in [-0.3, -0.25) is 0 Å². The summed E-state index contributed by atoms with van der Waals surface area (Å²) in [6.45, 7) is 1.71. The normalized spacial score (nSPS) is 13.0. The Morgan fingerprint density at radius 1 is 1.42 bits per heavy atom. The fraction of sp³-hybridized carbons (Fsp3) is 0.375. The molecule has 4 heteroatoms. The summed E-state index contributed by atoms with van der Waals surface area (Å²) in [7, 11) is 0. The van der Waals surface area contributed by atoms with Crippen LogP contribution in [0.4, 0.5) is 0 Å². The molecule has 0 aromatic carbocycles. The van der Waals surface area contributed by atoms with Crippen LogP contribution in [0.15, 0.2) is 12.1 Å². The molecular formula is C8H9Cl2NO. The Bertz CT molecular complexity index is 256. The third kappa shape index (κ3) is 2.97. The van der Waals surface area contributed by atoms with Crippen molar-refractivity contribution in [2.24, 2.45) is 0 Å². The van der Waals surface area contributed by atoms with E-state index in [0.717, 1.165) is 5.56 Å². The van der Waals surface area contributed by atoms with Crippen molar-refractivity contribution in [2.45, 2.75) is 19.4 Å². The zero-order chi connectivity index (χ0) is 9.14. The minimum Gasteiger partial charge on any atom is -0.393 e. The zero-order valence-corrected chi connectivity index (χ0v) is 8.10. The lowest BCUT2D eigenvalue weighted by atomic mass is 10.1. The highest BCUT2D eigenvalue weighted by atomic mass is 35.5. The second-order valence-electron chi connectivity index (χ2n) is 2.67. The Morgan fingerprint density at radius 2 is 1.92 bits per heavy atom. The van der Waals surface area contributed by atoms with Crippen LogP contribution in [-0.4, -0.2) is 16.2 Å². The van der Waals surface area contributed by atoms with Crippen LogP contribution in [0.1, 0.15) is 12.5 Å². The maximum atomic E-state index is 9.08. The number of halogens is 2. The maximum absolute atomic E-state index is 9.08. The Morgan fingerprint density at radius 3 is 2.33 bits per heavy atom. The second-order valence-corrected chi connectivity index (χ2v) is 3.45. The SMILES string of the molecule is CC(O)Cc1cc(Cl)nc(Cl)c1. The van der Waals surface area contributed by atoms with Crippen LogP contribution >= 0.6 is 23.2 Å². The molecule has 2 nitrogen and oxygen atoms in total. The standard InChI is InChI=1S/C8H9Cl2NO/c1-5(12)2-6-3-7(9)11-8(10)4-6/h3-5,12H,2H2,1H3. The number of aliphatic hydroxyl groups excluding tert-OH is 1. The zero-order valence-electron chi connectivity index (χ0n) is 6.59. The lowest BCUT2D eigenvalue weighted by molar-refractivity contribution is 0.195. The average Bonchev–Trinajstić information content (AvgIpc) is 1.81. The topological polar surface area (TPSA) is 33.1 Å². The van der Waals surface area contributed by atoms with Gasteiger partial charge in [0.05, 0.1) is 6.10 Å². The van der Waals surface area contributed by atoms with Gasteiger partial charge in [0, 0.05) is 0 Å². The molecule has 1 atom stereocenters. The molecule has 66 valence electrons. The van der Waals surface area contributed by atoms with Crippen LogP contribution in [0.3, 0.4) is 0 Å². The van der Waals surface area contributed by atoms with Crippen LogP contribution in [0.5, 0.6) is 0 Å². The molecule has 0 saturated heterocycles. The Kier molecular flexibility index (Phi) is 3.32. The predicted molar refractivity (Wildman–Crippen MR) is 49.6 cm³/mol. The van der Waals surface area contributed by atoms with E-state index in [1.165, 1.54) is 0 Å². The van der Waals surface area contributed by atoms with Crippen LogP contribution in [0, 0.1) is 0 Å². The molecule has 0 bridgehead atoms. The minimum atomic E-state index is -0.389. The summed E-state index contributed by atoms with van der Waals surface area (Å²) in [5, 5.41) is 9.80. The number of aliphatic hydroxyl groups is 1. The summed E-state index contributed by atoms with van der Waals surface area (Å²) in [4.78, 5) is 3.79. The monoisotopic (exact) mass is 205 g/mol. The van der Waals surface area contributed by atoms with E-state index in [1.54, 1.807) is 19.1 Å². The van der Waals surface area contributed by atoms with E-state index in [1.807, 2.05) is 0 Å². The van der Waals surface area contributed by atoms with E-state index in [-0.39, 0.29) is 6.10 Å². The molecule has 12 heavy (non-hydrogen) atoms. The van der Waals surface area contributed by atoms with Gasteiger partial charge in [0.15, 0.2) is 0 Å². The predicted octanol–water partition coefficient (Wildman–Crippen LogP) is 2.31. The summed E-state index contributed by atoms with van der Waals surface area (Å²) in [5.74, 6) is 0. The minimum absolute atomic E-state index is 0.359. The molecule has 0 spiro atoms. The van der Waals surface area contributed by atoms with Crippen LogP contribution in [0.2, 0.25) is 10.3 Å². The van der Waals surface area contributed by atoms with Gasteiger partial charge in [0.25, 0.3) is 0 Å². The Balaban J connectivity index is 2.85. The average molecular weight is 206 g/mol. The molecule has 0 aliphatic carbocycles. The summed E-state index contributed by atoms with van der Waals surface area (Å²) < 4.78 is 0. The van der Waals surface area contributed by atoms with E-state index in [9.17, 15) is 0 Å². The first kappa shape index (κ1) is 9.78. The number of hydrogen-bond acceptors (Lipinski definition) is 2. The Hall–Kier alpha value is -0.310. The van der Waals surface area contributed by atoms with E-state index < -0.39 is 0 Å². The number of hydrogen-bond donors (Lipinski definition) is 1. The molecule has 1 N–H and O–H groups in total. The number of rotatable bonds is 2. The molecule has 0 amide bonds. The summed E-state index contributed by atoms with van der Waals surface area (Å²) in [6, 6.07) is 3.39. The lowest BCUT2D eigenvalue weighted by Crippen LogP contribution is -2.04. The molecule has 1 rings (SSSR count). The molecular weight excluding hydrogens is 197 g/mol. The molecule has 1 aromatic rings. The fourth-order valence-electron chi connectivity index (χ4n) is 0.973. The molecule has 1 heterocycles. The quantitative estimate of drug-likeness (QED) is 0.753. The van der Waals surface area contributed by atoms with E-state index >= 15 is 0 Å². The highest BCUT2D eigenvalue weighted by Gasteiger charge is 2.02. The molecule has 0 radical (unpaired) electrons. The molecule has 0 aliphatic heterocycles. The molecule has 0 aliphatic rings. The highest BCUT2D eigenvalue weighted by Crippen LogP contribution is 2.15. The van der Waals surface area contributed by atoms with Crippen molar-refractivity contribution in [3.63, 3.8) is 0 Å². The van der Waals surface area contributed by atoms with Gasteiger partial charge in [-0.25, -0.2) is 4.98 Å². The summed E-state index contributed by atoms with van der Waals surface area (Å²) in [5.41, 5.74) is 0.898. The first-order chi connectivity index (χ1) is 5.58. The van der Waals surface area contributed by atoms with Gasteiger partial charge in [0.2, 0.25) is 0 Å². The van der Waals surface area contributed by atoms with Crippen molar-refractivity contribution >= 4 is 23.2 Å². The number of nitrogens with zero attached hydrogens (tertiary/aromatic N) is 1. The van der Waals surface area contributed by atoms with Crippen LogP contribution < -0.4 is 0 Å². The molecule has 1 unspecified atom stereocenters. The largest absolute Gasteiger partial charge is 0.393 e. The van der Waals surface area contributed by atoms with Crippen molar-refractivity contribution in [1.29, 1.82) is 0 Å². The van der Waals surface area contributed by atoms with Gasteiger partial charge in [0.1, 0.15) is 10.3 Å². The van der Waals surface area contributed by atoms with Crippen molar-refractivity contribution in [3.8, 4) is 0 Å². The van der Waals surface area contributed by atoms with Gasteiger partial charge in [-0.2, -0.15) is 0 Å². The first-order valence-electron chi connectivity index (χ1n) is 3.58. The van der Waals surface area contributed by atoms with Gasteiger partial charge in [-0.05, 0) is 31.0 Å². The van der Waals surface area contributed by atoms with Crippen LogP contribution in [-0.2, 0) is 6.42 Å². The molecule has 0 saturated carbocycles. The number of pyridine rings is 1. The van der Waals surface area contributed by atoms with Gasteiger partial charge < -0.3 is 5.11 Å². The van der Waals surface area contributed by atoms with Gasteiger partial charge in [-0.1, -0.05) is 23.2 Å². The van der Waals surface area contributed by atoms with Gasteiger partial charge in [-0.15, -0.1) is 0 Å². The van der Waals surface area contributed by atoms with Crippen molar-refractivity contribution in [3.05, 3.63) is 28.0 Å². The third-order valence-corrected chi connectivity index (χ3v) is 1.74. The third-order valence-electron chi connectivity index (χ3n) is 1.35. The first-order valence-corrected chi connectivity index (χ1v) is 4.33. The maximum Gasteiger partial charge on any atom is 0.131 e. The fourth-order valence-corrected chi connectivity index (χ4v) is 1.48. The number of aromatic nitrogens is 1. The smallest absolute Gasteiger partial charge is 0.131 e. The van der Waals surface area contributed by atoms with Crippen molar-refractivity contribution in [2.75, 3.05) is 0 Å². The lowest BCUT2D eigenvalue weighted by Gasteiger charge is -2.04. The molecule has 1 aromatic heterocycles. The second kappa shape index (κ2) is 4.08. The van der Waals surface area contributed by atoms with Crippen LogP contribution in [0.25, 0.3) is 0 Å².